The van der Waals surface area contributed by atoms with Gasteiger partial charge in [-0.3, -0.25) is 0 Å². The SMILES string of the molecule is CCC1(c2nn3c(C4CCCO4)nnc3s2)CCNCC1. The average molecular weight is 307 g/mol. The van der Waals surface area contributed by atoms with Gasteiger partial charge in [0.25, 0.3) is 0 Å². The van der Waals surface area contributed by atoms with Crippen LogP contribution in [0.15, 0.2) is 0 Å². The second-order valence-electron chi connectivity index (χ2n) is 6.05. The molecular formula is C14H21N5OS. The minimum Gasteiger partial charge on any atom is -0.370 e. The highest BCUT2D eigenvalue weighted by molar-refractivity contribution is 7.16. The topological polar surface area (TPSA) is 64.3 Å². The molecule has 4 heterocycles. The molecule has 1 N–H and O–H groups in total. The molecule has 0 saturated carbocycles. The summed E-state index contributed by atoms with van der Waals surface area (Å²) in [7, 11) is 0. The molecule has 0 bridgehead atoms. The lowest BCUT2D eigenvalue weighted by molar-refractivity contribution is 0.103. The van der Waals surface area contributed by atoms with Crippen LogP contribution < -0.4 is 5.32 Å². The minimum atomic E-state index is 0.0700. The summed E-state index contributed by atoms with van der Waals surface area (Å²) in [5, 5.41) is 18.2. The van der Waals surface area contributed by atoms with E-state index < -0.39 is 0 Å². The van der Waals surface area contributed by atoms with Crippen molar-refractivity contribution in [1.82, 2.24) is 25.1 Å². The third-order valence-corrected chi connectivity index (χ3v) is 6.07. The highest BCUT2D eigenvalue weighted by atomic mass is 32.1. The molecule has 2 aromatic rings. The largest absolute Gasteiger partial charge is 0.370 e. The monoisotopic (exact) mass is 307 g/mol. The van der Waals surface area contributed by atoms with Crippen molar-refractivity contribution < 1.29 is 4.74 Å². The van der Waals surface area contributed by atoms with Crippen LogP contribution in [-0.4, -0.2) is 39.5 Å². The molecule has 0 aliphatic carbocycles. The number of hydrogen-bond acceptors (Lipinski definition) is 6. The Morgan fingerprint density at radius 2 is 2.24 bits per heavy atom. The summed E-state index contributed by atoms with van der Waals surface area (Å²) in [5.74, 6) is 0.880. The predicted octanol–water partition coefficient (Wildman–Crippen LogP) is 2.07. The zero-order chi connectivity index (χ0) is 14.3. The van der Waals surface area contributed by atoms with E-state index in [0.29, 0.717) is 0 Å². The van der Waals surface area contributed by atoms with Crippen LogP contribution in [-0.2, 0) is 10.2 Å². The fourth-order valence-corrected chi connectivity index (χ4v) is 4.62. The van der Waals surface area contributed by atoms with Gasteiger partial charge in [-0.25, -0.2) is 0 Å². The summed E-state index contributed by atoms with van der Waals surface area (Å²) in [5.41, 5.74) is 0.213. The van der Waals surface area contributed by atoms with Crippen molar-refractivity contribution >= 4 is 16.3 Å². The standard InChI is InChI=1S/C14H21N5OS/c1-2-14(5-7-15-8-6-14)12-18-19-11(10-4-3-9-20-10)16-17-13(19)21-12/h10,15H,2-9H2,1H3. The van der Waals surface area contributed by atoms with Crippen LogP contribution in [0.4, 0.5) is 0 Å². The maximum atomic E-state index is 5.74. The minimum absolute atomic E-state index is 0.0700. The quantitative estimate of drug-likeness (QED) is 0.940. The zero-order valence-electron chi connectivity index (χ0n) is 12.3. The van der Waals surface area contributed by atoms with E-state index in [0.717, 1.165) is 62.6 Å². The Bertz CT molecular complexity index is 624. The van der Waals surface area contributed by atoms with Gasteiger partial charge < -0.3 is 10.1 Å². The van der Waals surface area contributed by atoms with Crippen molar-refractivity contribution in [2.45, 2.75) is 50.5 Å². The second kappa shape index (κ2) is 5.30. The molecule has 2 saturated heterocycles. The van der Waals surface area contributed by atoms with Crippen LogP contribution in [0.2, 0.25) is 0 Å². The maximum Gasteiger partial charge on any atom is 0.234 e. The van der Waals surface area contributed by atoms with Gasteiger partial charge in [-0.2, -0.15) is 9.61 Å². The van der Waals surface area contributed by atoms with E-state index in [2.05, 4.69) is 22.4 Å². The van der Waals surface area contributed by atoms with Gasteiger partial charge in [0.05, 0.1) is 0 Å². The van der Waals surface area contributed by atoms with Crippen LogP contribution >= 0.6 is 11.3 Å². The molecule has 2 aliphatic heterocycles. The molecule has 1 atom stereocenters. The Kier molecular flexibility index (Phi) is 3.43. The number of ether oxygens (including phenoxy) is 1. The molecule has 2 aliphatic rings. The lowest BCUT2D eigenvalue weighted by atomic mass is 9.77. The van der Waals surface area contributed by atoms with Crippen LogP contribution in [0.3, 0.4) is 0 Å². The Morgan fingerprint density at radius 3 is 2.95 bits per heavy atom. The van der Waals surface area contributed by atoms with Gasteiger partial charge in [-0.1, -0.05) is 18.3 Å². The Morgan fingerprint density at radius 1 is 1.38 bits per heavy atom. The van der Waals surface area contributed by atoms with Crippen LogP contribution in [0.1, 0.15) is 56.0 Å². The van der Waals surface area contributed by atoms with Crippen molar-refractivity contribution in [2.75, 3.05) is 19.7 Å². The first-order valence-electron chi connectivity index (χ1n) is 7.87. The highest BCUT2D eigenvalue weighted by Gasteiger charge is 2.36. The second-order valence-corrected chi connectivity index (χ2v) is 7.00. The highest BCUT2D eigenvalue weighted by Crippen LogP contribution is 2.39. The van der Waals surface area contributed by atoms with Crippen molar-refractivity contribution in [2.24, 2.45) is 0 Å². The van der Waals surface area contributed by atoms with Crippen molar-refractivity contribution in [3.8, 4) is 0 Å². The van der Waals surface area contributed by atoms with Gasteiger partial charge in [0.2, 0.25) is 4.96 Å². The van der Waals surface area contributed by atoms with Crippen molar-refractivity contribution in [1.29, 1.82) is 0 Å². The van der Waals surface area contributed by atoms with E-state index in [4.69, 9.17) is 9.84 Å². The van der Waals surface area contributed by atoms with E-state index in [1.807, 2.05) is 4.52 Å². The van der Waals surface area contributed by atoms with Crippen LogP contribution in [0, 0.1) is 0 Å². The van der Waals surface area contributed by atoms with Crippen LogP contribution in [0.5, 0.6) is 0 Å². The summed E-state index contributed by atoms with van der Waals surface area (Å²) in [6, 6.07) is 0. The number of piperidine rings is 1. The zero-order valence-corrected chi connectivity index (χ0v) is 13.2. The van der Waals surface area contributed by atoms with Gasteiger partial charge in [-0.05, 0) is 45.2 Å². The fourth-order valence-electron chi connectivity index (χ4n) is 3.45. The molecule has 0 amide bonds. The number of fused-ring (bicyclic) bond motifs is 1. The molecule has 7 heteroatoms. The third kappa shape index (κ3) is 2.18. The third-order valence-electron chi connectivity index (χ3n) is 4.92. The molecule has 0 aromatic carbocycles. The molecule has 0 radical (unpaired) electrons. The molecule has 4 rings (SSSR count). The van der Waals surface area contributed by atoms with E-state index in [1.54, 1.807) is 11.3 Å². The lowest BCUT2D eigenvalue weighted by Gasteiger charge is -2.34. The Labute approximate surface area is 127 Å². The summed E-state index contributed by atoms with van der Waals surface area (Å²) >= 11 is 1.70. The van der Waals surface area contributed by atoms with E-state index in [9.17, 15) is 0 Å². The normalized spacial score (nSPS) is 25.7. The van der Waals surface area contributed by atoms with Gasteiger partial charge in [0.1, 0.15) is 11.1 Å². The molecule has 21 heavy (non-hydrogen) atoms. The molecule has 0 spiro atoms. The van der Waals surface area contributed by atoms with Gasteiger partial charge >= 0.3 is 0 Å². The number of nitrogens with zero attached hydrogens (tertiary/aromatic N) is 4. The molecule has 2 fully saturated rings. The number of hydrogen-bond donors (Lipinski definition) is 1. The number of rotatable bonds is 3. The number of nitrogens with one attached hydrogen (secondary N) is 1. The van der Waals surface area contributed by atoms with Crippen molar-refractivity contribution in [3.63, 3.8) is 0 Å². The Balaban J connectivity index is 1.73. The fraction of sp³-hybridized carbons (Fsp3) is 0.786. The average Bonchev–Trinajstić information content (AvgIpc) is 3.23. The van der Waals surface area contributed by atoms with Crippen LogP contribution in [0.25, 0.3) is 4.96 Å². The summed E-state index contributed by atoms with van der Waals surface area (Å²) < 4.78 is 7.67. The maximum absolute atomic E-state index is 5.74. The predicted molar refractivity (Wildman–Crippen MR) is 80.7 cm³/mol. The van der Waals surface area contributed by atoms with Crippen molar-refractivity contribution in [3.05, 3.63) is 10.8 Å². The first-order valence-corrected chi connectivity index (χ1v) is 8.69. The summed E-state index contributed by atoms with van der Waals surface area (Å²) in [4.78, 5) is 0.904. The Hall–Kier alpha value is -1.05. The van der Waals surface area contributed by atoms with E-state index in [1.165, 1.54) is 5.01 Å². The molecule has 1 unspecified atom stereocenters. The lowest BCUT2D eigenvalue weighted by Crippen LogP contribution is -2.39. The smallest absolute Gasteiger partial charge is 0.234 e. The first-order chi connectivity index (χ1) is 10.3. The summed E-state index contributed by atoms with van der Waals surface area (Å²) in [6.45, 7) is 5.25. The number of aromatic nitrogens is 4. The van der Waals surface area contributed by atoms with Gasteiger partial charge in [0.15, 0.2) is 5.82 Å². The molecular weight excluding hydrogens is 286 g/mol. The first kappa shape index (κ1) is 13.6. The molecule has 2 aromatic heterocycles. The van der Waals surface area contributed by atoms with E-state index >= 15 is 0 Å². The van der Waals surface area contributed by atoms with Gasteiger partial charge in [0, 0.05) is 12.0 Å². The van der Waals surface area contributed by atoms with Gasteiger partial charge in [-0.15, -0.1) is 10.2 Å². The molecule has 114 valence electrons. The molecule has 6 nitrogen and oxygen atoms in total. The summed E-state index contributed by atoms with van der Waals surface area (Å²) in [6.07, 6.45) is 5.64. The van der Waals surface area contributed by atoms with E-state index in [-0.39, 0.29) is 11.5 Å².